The Labute approximate surface area is 163 Å². The molecule has 152 valence electrons. The first kappa shape index (κ1) is 21.7. The summed E-state index contributed by atoms with van der Waals surface area (Å²) in [6, 6.07) is 7.78. The van der Waals surface area contributed by atoms with Crippen molar-refractivity contribution in [2.75, 3.05) is 25.2 Å². The Morgan fingerprint density at radius 1 is 1.15 bits per heavy atom. The molecule has 1 aromatic carbocycles. The van der Waals surface area contributed by atoms with Crippen LogP contribution in [0.1, 0.15) is 39.7 Å². The van der Waals surface area contributed by atoms with Gasteiger partial charge >= 0.3 is 0 Å². The summed E-state index contributed by atoms with van der Waals surface area (Å²) >= 11 is 0. The number of carbonyl (C=O) groups is 1. The highest BCUT2D eigenvalue weighted by atomic mass is 32.2. The fourth-order valence-corrected chi connectivity index (χ4v) is 5.53. The van der Waals surface area contributed by atoms with E-state index >= 15 is 0 Å². The first-order valence-electron chi connectivity index (χ1n) is 9.51. The van der Waals surface area contributed by atoms with Crippen molar-refractivity contribution in [1.82, 2.24) is 9.80 Å². The van der Waals surface area contributed by atoms with Gasteiger partial charge in [-0.25, -0.2) is 8.42 Å². The van der Waals surface area contributed by atoms with Crippen molar-refractivity contribution in [3.05, 3.63) is 29.8 Å². The summed E-state index contributed by atoms with van der Waals surface area (Å²) in [5.74, 6) is 1.14. The molecule has 27 heavy (non-hydrogen) atoms. The van der Waals surface area contributed by atoms with Gasteiger partial charge in [0.15, 0.2) is 9.84 Å². The summed E-state index contributed by atoms with van der Waals surface area (Å²) in [5, 5.41) is 0. The molecular formula is C20H32N2O4S. The third kappa shape index (κ3) is 5.94. The van der Waals surface area contributed by atoms with Crippen LogP contribution < -0.4 is 4.74 Å². The van der Waals surface area contributed by atoms with Crippen LogP contribution in [0.15, 0.2) is 24.3 Å². The van der Waals surface area contributed by atoms with Gasteiger partial charge < -0.3 is 9.64 Å². The summed E-state index contributed by atoms with van der Waals surface area (Å²) in [5.41, 5.74) is 1.04. The summed E-state index contributed by atoms with van der Waals surface area (Å²) in [6.07, 6.45) is 0.578. The molecule has 0 radical (unpaired) electrons. The average molecular weight is 397 g/mol. The summed E-state index contributed by atoms with van der Waals surface area (Å²) < 4.78 is 29.2. The van der Waals surface area contributed by atoms with Crippen LogP contribution in [-0.4, -0.2) is 67.4 Å². The number of methoxy groups -OCH3 is 1. The average Bonchev–Trinajstić information content (AvgIpc) is 2.94. The number of amides is 1. The molecule has 1 aliphatic rings. The second kappa shape index (κ2) is 9.06. The third-order valence-electron chi connectivity index (χ3n) is 5.01. The number of sulfone groups is 1. The Morgan fingerprint density at radius 2 is 1.74 bits per heavy atom. The Balaban J connectivity index is 2.19. The van der Waals surface area contributed by atoms with Gasteiger partial charge in [-0.15, -0.1) is 0 Å². The van der Waals surface area contributed by atoms with E-state index in [-0.39, 0.29) is 42.1 Å². The molecule has 0 aliphatic carbocycles. The lowest BCUT2D eigenvalue weighted by molar-refractivity contribution is -0.136. The first-order chi connectivity index (χ1) is 12.6. The molecule has 1 amide bonds. The molecular weight excluding hydrogens is 364 g/mol. The van der Waals surface area contributed by atoms with Gasteiger partial charge in [0.25, 0.3) is 0 Å². The van der Waals surface area contributed by atoms with E-state index in [1.165, 1.54) is 0 Å². The van der Waals surface area contributed by atoms with Crippen molar-refractivity contribution in [2.45, 2.75) is 58.8 Å². The number of nitrogens with zero attached hydrogens (tertiary/aromatic N) is 2. The van der Waals surface area contributed by atoms with Crippen LogP contribution in [-0.2, 0) is 21.2 Å². The molecule has 1 aliphatic heterocycles. The Kier molecular flexibility index (Phi) is 7.28. The molecule has 0 saturated carbocycles. The van der Waals surface area contributed by atoms with Gasteiger partial charge in [0.05, 0.1) is 25.2 Å². The molecule has 1 atom stereocenters. The highest BCUT2D eigenvalue weighted by Crippen LogP contribution is 2.22. The van der Waals surface area contributed by atoms with Crippen LogP contribution in [0, 0.1) is 0 Å². The molecule has 1 saturated heterocycles. The maximum atomic E-state index is 13.0. The monoisotopic (exact) mass is 396 g/mol. The minimum Gasteiger partial charge on any atom is -0.497 e. The van der Waals surface area contributed by atoms with Crippen LogP contribution in [0.4, 0.5) is 0 Å². The van der Waals surface area contributed by atoms with Crippen molar-refractivity contribution in [3.63, 3.8) is 0 Å². The second-order valence-electron chi connectivity index (χ2n) is 7.80. The number of hydrogen-bond donors (Lipinski definition) is 0. The largest absolute Gasteiger partial charge is 0.497 e. The molecule has 6 nitrogen and oxygen atoms in total. The molecule has 0 N–H and O–H groups in total. The van der Waals surface area contributed by atoms with E-state index in [9.17, 15) is 13.2 Å². The zero-order valence-electron chi connectivity index (χ0n) is 17.0. The lowest BCUT2D eigenvalue weighted by Gasteiger charge is -2.35. The number of carbonyl (C=O) groups excluding carboxylic acids is 1. The first-order valence-corrected chi connectivity index (χ1v) is 11.3. The lowest BCUT2D eigenvalue weighted by atomic mass is 10.1. The van der Waals surface area contributed by atoms with Crippen molar-refractivity contribution in [1.29, 1.82) is 0 Å². The van der Waals surface area contributed by atoms with Crippen molar-refractivity contribution >= 4 is 15.7 Å². The van der Waals surface area contributed by atoms with Gasteiger partial charge in [-0.2, -0.15) is 0 Å². The number of rotatable bonds is 8. The standard InChI is InChI=1S/C20H32N2O4S/c1-15(2)22(16(3)4)20(23)13-21(18-10-11-27(24,25)14-18)12-17-6-8-19(26-5)9-7-17/h6-9,15-16,18H,10-14H2,1-5H3/t18-/m1/s1. The molecule has 1 fully saturated rings. The van der Waals surface area contributed by atoms with Crippen LogP contribution >= 0.6 is 0 Å². The Hall–Kier alpha value is -1.60. The zero-order chi connectivity index (χ0) is 20.2. The van der Waals surface area contributed by atoms with Crippen LogP contribution in [0.3, 0.4) is 0 Å². The molecule has 7 heteroatoms. The van der Waals surface area contributed by atoms with E-state index in [4.69, 9.17) is 4.74 Å². The van der Waals surface area contributed by atoms with Crippen LogP contribution in [0.2, 0.25) is 0 Å². The van der Waals surface area contributed by atoms with Crippen molar-refractivity contribution in [2.24, 2.45) is 0 Å². The van der Waals surface area contributed by atoms with Gasteiger partial charge in [0.2, 0.25) is 5.91 Å². The van der Waals surface area contributed by atoms with E-state index < -0.39 is 9.84 Å². The SMILES string of the molecule is COc1ccc(CN(CC(=O)N(C(C)C)C(C)C)[C@@H]2CCS(=O)(=O)C2)cc1. The minimum atomic E-state index is -3.02. The maximum absolute atomic E-state index is 13.0. The van der Waals surface area contributed by atoms with Gasteiger partial charge in [-0.1, -0.05) is 12.1 Å². The van der Waals surface area contributed by atoms with Crippen molar-refractivity contribution < 1.29 is 17.9 Å². The van der Waals surface area contributed by atoms with E-state index in [2.05, 4.69) is 0 Å². The molecule has 0 aromatic heterocycles. The van der Waals surface area contributed by atoms with Crippen LogP contribution in [0.25, 0.3) is 0 Å². The van der Waals surface area contributed by atoms with Crippen molar-refractivity contribution in [3.8, 4) is 5.75 Å². The van der Waals surface area contributed by atoms with Gasteiger partial charge in [0, 0.05) is 24.7 Å². The molecule has 0 unspecified atom stereocenters. The quantitative estimate of drug-likeness (QED) is 0.675. The van der Waals surface area contributed by atoms with Gasteiger partial charge in [-0.05, 0) is 51.8 Å². The maximum Gasteiger partial charge on any atom is 0.237 e. The van der Waals surface area contributed by atoms with Gasteiger partial charge in [-0.3, -0.25) is 9.69 Å². The smallest absolute Gasteiger partial charge is 0.237 e. The van der Waals surface area contributed by atoms with E-state index in [1.807, 2.05) is 61.8 Å². The third-order valence-corrected chi connectivity index (χ3v) is 6.76. The minimum absolute atomic E-state index is 0.0396. The predicted octanol–water partition coefficient (Wildman–Crippen LogP) is 2.33. The zero-order valence-corrected chi connectivity index (χ0v) is 17.8. The molecule has 1 aromatic rings. The predicted molar refractivity (Wildman–Crippen MR) is 108 cm³/mol. The summed E-state index contributed by atoms with van der Waals surface area (Å²) in [4.78, 5) is 16.8. The Morgan fingerprint density at radius 3 is 2.19 bits per heavy atom. The lowest BCUT2D eigenvalue weighted by Crippen LogP contribution is -2.49. The summed E-state index contributed by atoms with van der Waals surface area (Å²) in [6.45, 7) is 8.79. The number of ether oxygens (including phenoxy) is 1. The molecule has 1 heterocycles. The second-order valence-corrected chi connectivity index (χ2v) is 10.0. The van der Waals surface area contributed by atoms with Crippen LogP contribution in [0.5, 0.6) is 5.75 Å². The normalized spacial score (nSPS) is 19.0. The molecule has 0 bridgehead atoms. The Bertz CT molecular complexity index is 721. The van der Waals surface area contributed by atoms with E-state index in [0.717, 1.165) is 11.3 Å². The number of benzene rings is 1. The van der Waals surface area contributed by atoms with Gasteiger partial charge in [0.1, 0.15) is 5.75 Å². The fraction of sp³-hybridized carbons (Fsp3) is 0.650. The fourth-order valence-electron chi connectivity index (χ4n) is 3.77. The van der Waals surface area contributed by atoms with E-state index in [1.54, 1.807) is 7.11 Å². The topological polar surface area (TPSA) is 66.9 Å². The summed E-state index contributed by atoms with van der Waals surface area (Å²) in [7, 11) is -1.40. The highest BCUT2D eigenvalue weighted by molar-refractivity contribution is 7.91. The van der Waals surface area contributed by atoms with E-state index in [0.29, 0.717) is 13.0 Å². The highest BCUT2D eigenvalue weighted by Gasteiger charge is 2.34. The molecule has 2 rings (SSSR count). The molecule has 0 spiro atoms. The number of hydrogen-bond acceptors (Lipinski definition) is 5.